The van der Waals surface area contributed by atoms with Gasteiger partial charge in [0.05, 0.1) is 11.1 Å². The molecule has 1 aromatic carbocycles. The van der Waals surface area contributed by atoms with Crippen molar-refractivity contribution >= 4 is 35.6 Å². The van der Waals surface area contributed by atoms with Gasteiger partial charge in [0.2, 0.25) is 5.91 Å². The lowest BCUT2D eigenvalue weighted by atomic mass is 10.1. The van der Waals surface area contributed by atoms with Gasteiger partial charge < -0.3 is 15.4 Å². The number of carbonyl (C=O) groups is 1. The number of hydrogen-bond acceptors (Lipinski definition) is 3. The van der Waals surface area contributed by atoms with Crippen molar-refractivity contribution < 1.29 is 9.53 Å². The van der Waals surface area contributed by atoms with E-state index in [2.05, 4.69) is 10.6 Å². The molecule has 0 bridgehead atoms. The van der Waals surface area contributed by atoms with Crippen molar-refractivity contribution in [1.82, 2.24) is 5.32 Å². The molecule has 114 valence electrons. The first-order chi connectivity index (χ1) is 8.93. The van der Waals surface area contributed by atoms with Crippen LogP contribution >= 0.6 is 24.0 Å². The zero-order valence-electron chi connectivity index (χ0n) is 12.2. The Bertz CT molecular complexity index is 439. The van der Waals surface area contributed by atoms with Gasteiger partial charge in [-0.05, 0) is 39.1 Å². The molecule has 0 saturated carbocycles. The fourth-order valence-corrected chi connectivity index (χ4v) is 1.82. The van der Waals surface area contributed by atoms with Crippen LogP contribution in [0.1, 0.15) is 20.8 Å². The van der Waals surface area contributed by atoms with E-state index < -0.39 is 0 Å². The quantitative estimate of drug-likeness (QED) is 0.845. The van der Waals surface area contributed by atoms with Crippen molar-refractivity contribution in [2.75, 3.05) is 18.9 Å². The Balaban J connectivity index is 0.00000361. The summed E-state index contributed by atoms with van der Waals surface area (Å²) >= 11 is 6.11. The van der Waals surface area contributed by atoms with Crippen LogP contribution in [0.2, 0.25) is 5.02 Å². The van der Waals surface area contributed by atoms with Crippen LogP contribution < -0.4 is 15.4 Å². The molecule has 0 aliphatic carbocycles. The predicted octanol–water partition coefficient (Wildman–Crippen LogP) is 3.34. The highest BCUT2D eigenvalue weighted by Gasteiger charge is 2.13. The van der Waals surface area contributed by atoms with E-state index in [4.69, 9.17) is 16.3 Å². The van der Waals surface area contributed by atoms with Crippen LogP contribution in [0.5, 0.6) is 5.75 Å². The average molecular weight is 321 g/mol. The van der Waals surface area contributed by atoms with Gasteiger partial charge in [-0.25, -0.2) is 0 Å². The zero-order chi connectivity index (χ0) is 14.4. The number of carbonyl (C=O) groups excluding carboxylic acids is 1. The fraction of sp³-hybridized carbons (Fsp3) is 0.500. The van der Waals surface area contributed by atoms with Crippen molar-refractivity contribution in [3.63, 3.8) is 0 Å². The smallest absolute Gasteiger partial charge is 0.228 e. The normalized spacial score (nSPS) is 11.7. The van der Waals surface area contributed by atoms with E-state index in [-0.39, 0.29) is 30.3 Å². The predicted molar refractivity (Wildman–Crippen MR) is 86.2 cm³/mol. The Morgan fingerprint density at radius 2 is 2.00 bits per heavy atom. The van der Waals surface area contributed by atoms with Gasteiger partial charge in [0, 0.05) is 18.2 Å². The van der Waals surface area contributed by atoms with Crippen LogP contribution in [0.15, 0.2) is 18.2 Å². The van der Waals surface area contributed by atoms with Gasteiger partial charge in [-0.15, -0.1) is 12.4 Å². The molecule has 1 aromatic rings. The number of rotatable bonds is 6. The average Bonchev–Trinajstić information content (AvgIpc) is 2.32. The van der Waals surface area contributed by atoms with Gasteiger partial charge in [-0.1, -0.05) is 18.5 Å². The summed E-state index contributed by atoms with van der Waals surface area (Å²) in [6, 6.07) is 5.25. The summed E-state index contributed by atoms with van der Waals surface area (Å²) in [6.45, 7) is 6.37. The number of halogens is 2. The molecule has 0 fully saturated rings. The minimum atomic E-state index is -0.102. The van der Waals surface area contributed by atoms with Crippen molar-refractivity contribution in [3.8, 4) is 5.75 Å². The van der Waals surface area contributed by atoms with E-state index >= 15 is 0 Å². The zero-order valence-corrected chi connectivity index (χ0v) is 13.8. The lowest BCUT2D eigenvalue weighted by Gasteiger charge is -2.14. The Hall–Kier alpha value is -0.970. The van der Waals surface area contributed by atoms with Crippen LogP contribution in [0.4, 0.5) is 5.69 Å². The third-order valence-corrected chi connectivity index (χ3v) is 2.82. The molecule has 2 N–H and O–H groups in total. The molecular weight excluding hydrogens is 299 g/mol. The molecule has 0 aromatic heterocycles. The van der Waals surface area contributed by atoms with Gasteiger partial charge in [-0.3, -0.25) is 4.79 Å². The maximum absolute atomic E-state index is 11.9. The summed E-state index contributed by atoms with van der Waals surface area (Å²) in [7, 11) is 1.82. The Morgan fingerprint density at radius 3 is 2.50 bits per heavy atom. The minimum absolute atomic E-state index is 0. The lowest BCUT2D eigenvalue weighted by Crippen LogP contribution is -2.28. The van der Waals surface area contributed by atoms with Crippen LogP contribution in [0.25, 0.3) is 0 Å². The topological polar surface area (TPSA) is 50.4 Å². The summed E-state index contributed by atoms with van der Waals surface area (Å²) in [6.07, 6.45) is 0.0635. The second-order valence-corrected chi connectivity index (χ2v) is 5.17. The highest BCUT2D eigenvalue weighted by Crippen LogP contribution is 2.28. The maximum atomic E-state index is 11.9. The molecule has 1 atom stereocenters. The molecule has 0 heterocycles. The SMILES string of the molecule is CNCC(C)C(=O)Nc1ccc(OC(C)C)c(Cl)c1.Cl. The molecule has 0 aliphatic heterocycles. The maximum Gasteiger partial charge on any atom is 0.228 e. The van der Waals surface area contributed by atoms with Crippen molar-refractivity contribution in [1.29, 1.82) is 0 Å². The fourth-order valence-electron chi connectivity index (χ4n) is 1.59. The molecule has 1 amide bonds. The van der Waals surface area contributed by atoms with Crippen LogP contribution in [-0.2, 0) is 4.79 Å². The summed E-state index contributed by atoms with van der Waals surface area (Å²) in [5, 5.41) is 6.29. The van der Waals surface area contributed by atoms with E-state index in [1.54, 1.807) is 18.2 Å². The Morgan fingerprint density at radius 1 is 1.35 bits per heavy atom. The molecule has 1 rings (SSSR count). The van der Waals surface area contributed by atoms with Crippen LogP contribution in [0.3, 0.4) is 0 Å². The first-order valence-corrected chi connectivity index (χ1v) is 6.73. The van der Waals surface area contributed by atoms with Crippen molar-refractivity contribution in [3.05, 3.63) is 23.2 Å². The summed E-state index contributed by atoms with van der Waals surface area (Å²) in [4.78, 5) is 11.9. The minimum Gasteiger partial charge on any atom is -0.489 e. The summed E-state index contributed by atoms with van der Waals surface area (Å²) in [5.41, 5.74) is 0.675. The highest BCUT2D eigenvalue weighted by atomic mass is 35.5. The number of amides is 1. The van der Waals surface area contributed by atoms with Gasteiger partial charge >= 0.3 is 0 Å². The van der Waals surface area contributed by atoms with Gasteiger partial charge in [-0.2, -0.15) is 0 Å². The largest absolute Gasteiger partial charge is 0.489 e. The van der Waals surface area contributed by atoms with E-state index in [0.717, 1.165) is 0 Å². The van der Waals surface area contributed by atoms with Crippen molar-refractivity contribution in [2.45, 2.75) is 26.9 Å². The number of ether oxygens (including phenoxy) is 1. The first kappa shape index (κ1) is 19.0. The summed E-state index contributed by atoms with van der Waals surface area (Å²) < 4.78 is 5.54. The molecule has 6 heteroatoms. The Labute approximate surface area is 131 Å². The Kier molecular flexibility index (Phi) is 8.62. The molecule has 0 aliphatic rings. The molecule has 20 heavy (non-hydrogen) atoms. The monoisotopic (exact) mass is 320 g/mol. The molecule has 0 radical (unpaired) electrons. The van der Waals surface area contributed by atoms with E-state index in [1.807, 2.05) is 27.8 Å². The number of benzene rings is 1. The number of anilines is 1. The lowest BCUT2D eigenvalue weighted by molar-refractivity contribution is -0.119. The van der Waals surface area contributed by atoms with E-state index in [9.17, 15) is 4.79 Å². The number of hydrogen-bond donors (Lipinski definition) is 2. The van der Waals surface area contributed by atoms with E-state index in [1.165, 1.54) is 0 Å². The first-order valence-electron chi connectivity index (χ1n) is 6.35. The second kappa shape index (κ2) is 9.06. The van der Waals surface area contributed by atoms with Gasteiger partial charge in [0.1, 0.15) is 5.75 Å². The third kappa shape index (κ3) is 5.99. The molecule has 0 saturated heterocycles. The van der Waals surface area contributed by atoms with Crippen molar-refractivity contribution in [2.24, 2.45) is 5.92 Å². The highest BCUT2D eigenvalue weighted by molar-refractivity contribution is 6.32. The number of nitrogens with one attached hydrogen (secondary N) is 2. The van der Waals surface area contributed by atoms with Gasteiger partial charge in [0.25, 0.3) is 0 Å². The molecule has 4 nitrogen and oxygen atoms in total. The standard InChI is InChI=1S/C14H21ClN2O2.ClH/c1-9(2)19-13-6-5-11(7-12(13)15)17-14(18)10(3)8-16-4;/h5-7,9-10,16H,8H2,1-4H3,(H,17,18);1H. The third-order valence-electron chi connectivity index (χ3n) is 2.52. The molecular formula is C14H22Cl2N2O2. The van der Waals surface area contributed by atoms with Crippen LogP contribution in [-0.4, -0.2) is 25.6 Å². The molecule has 1 unspecified atom stereocenters. The summed E-state index contributed by atoms with van der Waals surface area (Å²) in [5.74, 6) is 0.483. The van der Waals surface area contributed by atoms with E-state index in [0.29, 0.717) is 23.0 Å². The van der Waals surface area contributed by atoms with Gasteiger partial charge in [0.15, 0.2) is 0 Å². The second-order valence-electron chi connectivity index (χ2n) is 4.76. The van der Waals surface area contributed by atoms with Crippen LogP contribution in [0, 0.1) is 5.92 Å². The molecule has 0 spiro atoms.